The smallest absolute Gasteiger partial charge is 0.419 e. The van der Waals surface area contributed by atoms with Gasteiger partial charge in [-0.3, -0.25) is 4.79 Å². The minimum absolute atomic E-state index is 0.334. The lowest BCUT2D eigenvalue weighted by Crippen LogP contribution is -2.13. The Morgan fingerprint density at radius 2 is 2.00 bits per heavy atom. The van der Waals surface area contributed by atoms with Gasteiger partial charge in [0.25, 0.3) is 0 Å². The third-order valence-corrected chi connectivity index (χ3v) is 2.38. The molecule has 1 unspecified atom stereocenters. The van der Waals surface area contributed by atoms with Crippen molar-refractivity contribution >= 4 is 21.7 Å². The molecule has 0 aliphatic carbocycles. The van der Waals surface area contributed by atoms with Gasteiger partial charge in [-0.05, 0) is 19.1 Å². The van der Waals surface area contributed by atoms with Crippen LogP contribution in [0.1, 0.15) is 22.8 Å². The van der Waals surface area contributed by atoms with Crippen molar-refractivity contribution in [3.8, 4) is 5.75 Å². The molecule has 0 aliphatic heterocycles. The molecule has 0 bridgehead atoms. The maximum atomic E-state index is 12.4. The normalized spacial score (nSPS) is 13.6. The van der Waals surface area contributed by atoms with Crippen molar-refractivity contribution in [1.29, 1.82) is 0 Å². The summed E-state index contributed by atoms with van der Waals surface area (Å²) in [5.41, 5.74) is -1.54. The number of Topliss-reactive ketones (excluding diaryl/α,β-unsaturated/α-hetero) is 1. The van der Waals surface area contributed by atoms with E-state index in [2.05, 4.69) is 15.9 Å². The van der Waals surface area contributed by atoms with Crippen molar-refractivity contribution in [2.24, 2.45) is 0 Å². The van der Waals surface area contributed by atoms with Crippen LogP contribution < -0.4 is 0 Å². The number of hydrogen-bond donors (Lipinski definition) is 1. The summed E-state index contributed by atoms with van der Waals surface area (Å²) in [7, 11) is 0. The summed E-state index contributed by atoms with van der Waals surface area (Å²) >= 11 is 2.94. The Bertz CT molecular complexity index is 413. The zero-order chi connectivity index (χ0) is 12.5. The van der Waals surface area contributed by atoms with Crippen LogP contribution in [0.3, 0.4) is 0 Å². The summed E-state index contributed by atoms with van der Waals surface area (Å²) < 4.78 is 37.2. The van der Waals surface area contributed by atoms with E-state index in [-0.39, 0.29) is 5.56 Å². The third-order valence-electron chi connectivity index (χ3n) is 1.97. The Morgan fingerprint density at radius 3 is 2.44 bits per heavy atom. The molecule has 16 heavy (non-hydrogen) atoms. The fraction of sp³-hybridized carbons (Fsp3) is 0.300. The standard InChI is InChI=1S/C10H8BrF3O2/c1-5(11)8(15)6-3-2-4-7(9(6)16)10(12,13)14/h2-5,16H,1H3. The van der Waals surface area contributed by atoms with E-state index in [9.17, 15) is 23.1 Å². The average molecular weight is 297 g/mol. The lowest BCUT2D eigenvalue weighted by atomic mass is 10.0. The van der Waals surface area contributed by atoms with Crippen molar-refractivity contribution in [2.45, 2.75) is 17.9 Å². The minimum atomic E-state index is -4.67. The van der Waals surface area contributed by atoms with Crippen molar-refractivity contribution in [1.82, 2.24) is 0 Å². The summed E-state index contributed by atoms with van der Waals surface area (Å²) in [5, 5.41) is 9.38. The van der Waals surface area contributed by atoms with Crippen LogP contribution in [0.25, 0.3) is 0 Å². The Balaban J connectivity index is 3.30. The number of phenolic OH excluding ortho intramolecular Hbond substituents is 1. The number of carbonyl (C=O) groups is 1. The van der Waals surface area contributed by atoms with E-state index in [1.165, 1.54) is 6.92 Å². The Hall–Kier alpha value is -1.04. The number of phenols is 1. The maximum Gasteiger partial charge on any atom is 0.419 e. The summed E-state index contributed by atoms with van der Waals surface area (Å²) in [6, 6.07) is 2.97. The first-order chi connectivity index (χ1) is 7.25. The van der Waals surface area contributed by atoms with Gasteiger partial charge in [-0.15, -0.1) is 0 Å². The third kappa shape index (κ3) is 2.55. The first kappa shape index (κ1) is 13.0. The van der Waals surface area contributed by atoms with Crippen molar-refractivity contribution < 1.29 is 23.1 Å². The number of ketones is 1. The van der Waals surface area contributed by atoms with Gasteiger partial charge in [0.2, 0.25) is 0 Å². The topological polar surface area (TPSA) is 37.3 Å². The van der Waals surface area contributed by atoms with Crippen LogP contribution in [0.4, 0.5) is 13.2 Å². The van der Waals surface area contributed by atoms with E-state index in [0.29, 0.717) is 0 Å². The summed E-state index contributed by atoms with van der Waals surface area (Å²) in [4.78, 5) is 10.8. The molecule has 0 saturated carbocycles. The van der Waals surface area contributed by atoms with Crippen LogP contribution in [-0.2, 0) is 6.18 Å². The van der Waals surface area contributed by atoms with Gasteiger partial charge in [-0.25, -0.2) is 0 Å². The zero-order valence-corrected chi connectivity index (χ0v) is 9.76. The second-order valence-electron chi connectivity index (χ2n) is 3.18. The summed E-state index contributed by atoms with van der Waals surface area (Å²) in [6.07, 6.45) is -4.67. The molecule has 1 atom stereocenters. The van der Waals surface area contributed by atoms with Crippen LogP contribution in [0.2, 0.25) is 0 Å². The maximum absolute atomic E-state index is 12.4. The van der Waals surface area contributed by atoms with Gasteiger partial charge in [-0.2, -0.15) is 13.2 Å². The second kappa shape index (κ2) is 4.45. The number of aromatic hydroxyl groups is 1. The predicted octanol–water partition coefficient (Wildman–Crippen LogP) is 3.38. The molecule has 1 aromatic carbocycles. The van der Waals surface area contributed by atoms with Gasteiger partial charge in [-0.1, -0.05) is 22.0 Å². The van der Waals surface area contributed by atoms with Crippen LogP contribution >= 0.6 is 15.9 Å². The molecule has 0 aliphatic rings. The van der Waals surface area contributed by atoms with E-state index in [0.717, 1.165) is 18.2 Å². The lowest BCUT2D eigenvalue weighted by molar-refractivity contribution is -0.138. The number of carbonyl (C=O) groups excluding carboxylic acids is 1. The van der Waals surface area contributed by atoms with Crippen LogP contribution in [0, 0.1) is 0 Å². The Morgan fingerprint density at radius 1 is 1.44 bits per heavy atom. The molecule has 0 heterocycles. The number of benzene rings is 1. The SMILES string of the molecule is CC(Br)C(=O)c1cccc(C(F)(F)F)c1O. The highest BCUT2D eigenvalue weighted by molar-refractivity contribution is 9.10. The van der Waals surface area contributed by atoms with Crippen molar-refractivity contribution in [3.05, 3.63) is 29.3 Å². The van der Waals surface area contributed by atoms with E-state index >= 15 is 0 Å². The number of hydrogen-bond acceptors (Lipinski definition) is 2. The number of rotatable bonds is 2. The van der Waals surface area contributed by atoms with Gasteiger partial charge in [0.1, 0.15) is 5.75 Å². The van der Waals surface area contributed by atoms with Gasteiger partial charge < -0.3 is 5.11 Å². The lowest BCUT2D eigenvalue weighted by Gasteiger charge is -2.12. The van der Waals surface area contributed by atoms with Crippen LogP contribution in [0.15, 0.2) is 18.2 Å². The molecule has 6 heteroatoms. The van der Waals surface area contributed by atoms with Crippen LogP contribution in [0.5, 0.6) is 5.75 Å². The highest BCUT2D eigenvalue weighted by Gasteiger charge is 2.35. The molecule has 2 nitrogen and oxygen atoms in total. The monoisotopic (exact) mass is 296 g/mol. The van der Waals surface area contributed by atoms with E-state index in [4.69, 9.17) is 0 Å². The van der Waals surface area contributed by atoms with E-state index < -0.39 is 28.1 Å². The largest absolute Gasteiger partial charge is 0.507 e. The first-order valence-corrected chi connectivity index (χ1v) is 5.24. The summed E-state index contributed by atoms with van der Waals surface area (Å²) in [5.74, 6) is -1.62. The molecule has 1 N–H and O–H groups in total. The van der Waals surface area contributed by atoms with E-state index in [1.807, 2.05) is 0 Å². The van der Waals surface area contributed by atoms with Gasteiger partial charge >= 0.3 is 6.18 Å². The second-order valence-corrected chi connectivity index (χ2v) is 4.55. The molecular formula is C10H8BrF3O2. The molecule has 0 saturated heterocycles. The fourth-order valence-corrected chi connectivity index (χ4v) is 1.43. The molecule has 0 spiro atoms. The van der Waals surface area contributed by atoms with Gasteiger partial charge in [0, 0.05) is 0 Å². The molecule has 0 aromatic heterocycles. The zero-order valence-electron chi connectivity index (χ0n) is 8.18. The van der Waals surface area contributed by atoms with Crippen LogP contribution in [-0.4, -0.2) is 15.7 Å². The number of halogens is 4. The van der Waals surface area contributed by atoms with Crippen molar-refractivity contribution in [2.75, 3.05) is 0 Å². The molecule has 0 fully saturated rings. The Kier molecular flexibility index (Phi) is 3.62. The van der Waals surface area contributed by atoms with Gasteiger partial charge in [0.05, 0.1) is 16.0 Å². The van der Waals surface area contributed by atoms with Crippen molar-refractivity contribution in [3.63, 3.8) is 0 Å². The highest BCUT2D eigenvalue weighted by Crippen LogP contribution is 2.37. The molecular weight excluding hydrogens is 289 g/mol. The quantitative estimate of drug-likeness (QED) is 0.671. The average Bonchev–Trinajstić information content (AvgIpc) is 2.15. The summed E-state index contributed by atoms with van der Waals surface area (Å²) in [6.45, 7) is 1.47. The molecule has 88 valence electrons. The molecule has 1 aromatic rings. The number of para-hydroxylation sites is 1. The molecule has 0 radical (unpaired) electrons. The fourth-order valence-electron chi connectivity index (χ4n) is 1.19. The van der Waals surface area contributed by atoms with Gasteiger partial charge in [0.15, 0.2) is 5.78 Å². The molecule has 1 rings (SSSR count). The first-order valence-electron chi connectivity index (χ1n) is 4.32. The number of alkyl halides is 4. The predicted molar refractivity (Wildman–Crippen MR) is 55.8 cm³/mol. The van der Waals surface area contributed by atoms with E-state index in [1.54, 1.807) is 0 Å². The highest BCUT2D eigenvalue weighted by atomic mass is 79.9. The minimum Gasteiger partial charge on any atom is -0.507 e. The molecule has 0 amide bonds. The Labute approximate surface area is 98.2 Å².